The highest BCUT2D eigenvalue weighted by atomic mass is 16.6. The van der Waals surface area contributed by atoms with Crippen molar-refractivity contribution < 1.29 is 18.7 Å². The van der Waals surface area contributed by atoms with Crippen LogP contribution in [0.15, 0.2) is 19.6 Å². The van der Waals surface area contributed by atoms with Crippen LogP contribution in [0.1, 0.15) is 20.8 Å². The Morgan fingerprint density at radius 1 is 0.952 bits per heavy atom. The quantitative estimate of drug-likeness (QED) is 0.529. The van der Waals surface area contributed by atoms with Gasteiger partial charge in [0.05, 0.1) is 13.2 Å². The van der Waals surface area contributed by atoms with Gasteiger partial charge in [0.1, 0.15) is 0 Å². The number of nitrogens with zero attached hydrogens (tertiary/aromatic N) is 7. The van der Waals surface area contributed by atoms with E-state index in [-0.39, 0.29) is 17.6 Å². The van der Waals surface area contributed by atoms with E-state index >= 15 is 0 Å². The van der Waals surface area contributed by atoms with Gasteiger partial charge in [0.2, 0.25) is 0 Å². The first kappa shape index (κ1) is 14.7. The highest BCUT2D eigenvalue weighted by molar-refractivity contribution is 5.45. The summed E-state index contributed by atoms with van der Waals surface area (Å²) in [5, 5.41) is 23.9. The third-order valence-electron chi connectivity index (χ3n) is 2.24. The molecule has 0 unspecified atom stereocenters. The van der Waals surface area contributed by atoms with Crippen LogP contribution in [0.4, 0.5) is 11.6 Å². The Morgan fingerprint density at radius 3 is 2.33 bits per heavy atom. The summed E-state index contributed by atoms with van der Waals surface area (Å²) < 4.78 is 19.7. The molecule has 0 fully saturated rings. The van der Waals surface area contributed by atoms with Crippen molar-refractivity contribution in [3.63, 3.8) is 0 Å². The summed E-state index contributed by atoms with van der Waals surface area (Å²) in [6.45, 7) is 6.80. The SMILES string of the molecule is CCOc1nonc1N=NN(CC)c1nonc1OCC. The number of anilines is 1. The number of hydrogen-bond acceptors (Lipinski definition) is 10. The molecule has 11 heteroatoms. The lowest BCUT2D eigenvalue weighted by molar-refractivity contribution is 0.264. The molecule has 114 valence electrons. The zero-order valence-corrected chi connectivity index (χ0v) is 11.9. The molecule has 0 amide bonds. The van der Waals surface area contributed by atoms with Gasteiger partial charge in [-0.15, -0.1) is 5.11 Å². The van der Waals surface area contributed by atoms with Crippen LogP contribution in [0.25, 0.3) is 0 Å². The van der Waals surface area contributed by atoms with Gasteiger partial charge in [-0.2, -0.15) is 0 Å². The Labute approximate surface area is 119 Å². The van der Waals surface area contributed by atoms with Gasteiger partial charge in [0.25, 0.3) is 11.6 Å². The van der Waals surface area contributed by atoms with E-state index in [0.29, 0.717) is 25.6 Å². The lowest BCUT2D eigenvalue weighted by Gasteiger charge is -2.11. The molecule has 0 saturated carbocycles. The van der Waals surface area contributed by atoms with Gasteiger partial charge in [-0.25, -0.2) is 14.3 Å². The Morgan fingerprint density at radius 2 is 1.62 bits per heavy atom. The molecule has 0 aliphatic heterocycles. The average molecular weight is 297 g/mol. The van der Waals surface area contributed by atoms with Crippen LogP contribution in [-0.4, -0.2) is 40.4 Å². The summed E-state index contributed by atoms with van der Waals surface area (Å²) in [5.74, 6) is 0.851. The largest absolute Gasteiger partial charge is 0.473 e. The first-order chi connectivity index (χ1) is 10.3. The smallest absolute Gasteiger partial charge is 0.304 e. The fourth-order valence-electron chi connectivity index (χ4n) is 1.38. The second-order valence-electron chi connectivity index (χ2n) is 3.56. The van der Waals surface area contributed by atoms with E-state index < -0.39 is 0 Å². The molecule has 0 aliphatic rings. The van der Waals surface area contributed by atoms with E-state index in [4.69, 9.17) is 9.47 Å². The van der Waals surface area contributed by atoms with Crippen LogP contribution < -0.4 is 14.5 Å². The molecule has 2 aromatic rings. The molecule has 0 atom stereocenters. The van der Waals surface area contributed by atoms with Crippen molar-refractivity contribution in [3.8, 4) is 11.8 Å². The van der Waals surface area contributed by atoms with Gasteiger partial charge >= 0.3 is 11.8 Å². The van der Waals surface area contributed by atoms with Gasteiger partial charge < -0.3 is 9.47 Å². The van der Waals surface area contributed by atoms with Crippen molar-refractivity contribution in [2.45, 2.75) is 20.8 Å². The van der Waals surface area contributed by atoms with Crippen molar-refractivity contribution in [1.29, 1.82) is 0 Å². The maximum atomic E-state index is 5.28. The molecule has 0 aliphatic carbocycles. The van der Waals surface area contributed by atoms with Crippen molar-refractivity contribution >= 4 is 11.6 Å². The van der Waals surface area contributed by atoms with E-state index in [2.05, 4.69) is 40.2 Å². The molecule has 0 spiro atoms. The first-order valence-corrected chi connectivity index (χ1v) is 6.40. The van der Waals surface area contributed by atoms with Crippen molar-refractivity contribution in [3.05, 3.63) is 0 Å². The Bertz CT molecular complexity index is 581. The molecule has 2 rings (SSSR count). The van der Waals surface area contributed by atoms with Crippen LogP contribution in [-0.2, 0) is 0 Å². The highest BCUT2D eigenvalue weighted by Gasteiger charge is 2.18. The van der Waals surface area contributed by atoms with E-state index in [9.17, 15) is 0 Å². The van der Waals surface area contributed by atoms with Crippen LogP contribution in [0.2, 0.25) is 0 Å². The third kappa shape index (κ3) is 3.43. The minimum Gasteiger partial charge on any atom is -0.473 e. The van der Waals surface area contributed by atoms with Crippen LogP contribution in [0.3, 0.4) is 0 Å². The monoisotopic (exact) mass is 297 g/mol. The molecule has 0 aromatic carbocycles. The van der Waals surface area contributed by atoms with Gasteiger partial charge in [-0.05, 0) is 41.4 Å². The van der Waals surface area contributed by atoms with Gasteiger partial charge in [-0.1, -0.05) is 5.22 Å². The van der Waals surface area contributed by atoms with Crippen LogP contribution >= 0.6 is 0 Å². The molecule has 21 heavy (non-hydrogen) atoms. The topological polar surface area (TPSA) is 124 Å². The predicted octanol–water partition coefficient (Wildman–Crippen LogP) is 1.78. The zero-order chi connectivity index (χ0) is 15.1. The predicted molar refractivity (Wildman–Crippen MR) is 68.5 cm³/mol. The van der Waals surface area contributed by atoms with E-state index in [0.717, 1.165) is 0 Å². The Hall–Kier alpha value is -2.72. The minimum absolute atomic E-state index is 0.129. The third-order valence-corrected chi connectivity index (χ3v) is 2.24. The fourth-order valence-corrected chi connectivity index (χ4v) is 1.38. The average Bonchev–Trinajstić information content (AvgIpc) is 3.11. The van der Waals surface area contributed by atoms with Gasteiger partial charge in [0, 0.05) is 6.54 Å². The van der Waals surface area contributed by atoms with Crippen molar-refractivity contribution in [1.82, 2.24) is 20.6 Å². The summed E-state index contributed by atoms with van der Waals surface area (Å²) in [4.78, 5) is 0. The molecule has 2 heterocycles. The summed E-state index contributed by atoms with van der Waals surface area (Å²) >= 11 is 0. The molecule has 11 nitrogen and oxygen atoms in total. The summed E-state index contributed by atoms with van der Waals surface area (Å²) in [6, 6.07) is 0. The van der Waals surface area contributed by atoms with Crippen LogP contribution in [0.5, 0.6) is 11.8 Å². The Balaban J connectivity index is 2.16. The molecule has 0 N–H and O–H groups in total. The number of ether oxygens (including phenoxy) is 2. The maximum Gasteiger partial charge on any atom is 0.304 e. The van der Waals surface area contributed by atoms with Gasteiger partial charge in [0.15, 0.2) is 0 Å². The molecular formula is C10H15N7O4. The summed E-state index contributed by atoms with van der Waals surface area (Å²) in [6.07, 6.45) is 0. The lowest BCUT2D eigenvalue weighted by Crippen LogP contribution is -2.16. The standard InChI is InChI=1S/C10H15N7O4/c1-4-17(8-10(19-6-3)15-21-13-8)16-11-7-9(18-5-2)14-20-12-7/h4-6H2,1-3H3. The van der Waals surface area contributed by atoms with Crippen molar-refractivity contribution in [2.24, 2.45) is 10.3 Å². The van der Waals surface area contributed by atoms with E-state index in [1.54, 1.807) is 0 Å². The zero-order valence-electron chi connectivity index (χ0n) is 11.9. The lowest BCUT2D eigenvalue weighted by atomic mass is 10.6. The molecule has 0 bridgehead atoms. The van der Waals surface area contributed by atoms with Gasteiger partial charge in [-0.3, -0.25) is 0 Å². The van der Waals surface area contributed by atoms with Crippen molar-refractivity contribution in [2.75, 3.05) is 24.8 Å². The second kappa shape index (κ2) is 7.17. The summed E-state index contributed by atoms with van der Waals surface area (Å²) in [5.41, 5.74) is 0. The van der Waals surface area contributed by atoms with Crippen LogP contribution in [0, 0.1) is 0 Å². The number of aromatic nitrogens is 4. The van der Waals surface area contributed by atoms with E-state index in [1.807, 2.05) is 20.8 Å². The number of rotatable bonds is 8. The Kier molecular flexibility index (Phi) is 5.01. The van der Waals surface area contributed by atoms with E-state index in [1.165, 1.54) is 5.01 Å². The maximum absolute atomic E-state index is 5.28. The highest BCUT2D eigenvalue weighted by Crippen LogP contribution is 2.26. The first-order valence-electron chi connectivity index (χ1n) is 6.40. The fraction of sp³-hybridized carbons (Fsp3) is 0.600. The molecule has 0 saturated heterocycles. The second-order valence-corrected chi connectivity index (χ2v) is 3.56. The molecular weight excluding hydrogens is 282 g/mol. The number of hydrogen-bond donors (Lipinski definition) is 0. The molecule has 2 aromatic heterocycles. The summed E-state index contributed by atoms with van der Waals surface area (Å²) in [7, 11) is 0. The molecule has 0 radical (unpaired) electrons. The minimum atomic E-state index is 0.129. The normalized spacial score (nSPS) is 11.0.